The van der Waals surface area contributed by atoms with Crippen molar-refractivity contribution in [2.75, 3.05) is 6.54 Å². The van der Waals surface area contributed by atoms with E-state index in [4.69, 9.17) is 22.1 Å². The van der Waals surface area contributed by atoms with Gasteiger partial charge in [-0.1, -0.05) is 29.8 Å². The van der Waals surface area contributed by atoms with Crippen LogP contribution in [0.2, 0.25) is 5.02 Å². The molecule has 1 aromatic carbocycles. The average molecular weight is 254 g/mol. The van der Waals surface area contributed by atoms with Gasteiger partial charge in [-0.3, -0.25) is 0 Å². The van der Waals surface area contributed by atoms with Crippen molar-refractivity contribution in [1.29, 1.82) is 0 Å². The molecule has 2 aromatic rings. The number of hydrogen-bond acceptors (Lipinski definition) is 3. The van der Waals surface area contributed by atoms with Crippen LogP contribution in [0.15, 0.2) is 41.8 Å². The summed E-state index contributed by atoms with van der Waals surface area (Å²) in [6, 6.07) is 11.4. The van der Waals surface area contributed by atoms with E-state index in [1.54, 1.807) is 17.4 Å². The van der Waals surface area contributed by atoms with Gasteiger partial charge in [0.2, 0.25) is 0 Å². The summed E-state index contributed by atoms with van der Waals surface area (Å²) >= 11 is 7.66. The van der Waals surface area contributed by atoms with E-state index in [9.17, 15) is 0 Å². The predicted molar refractivity (Wildman–Crippen MR) is 68.2 cm³/mol. The predicted octanol–water partition coefficient (Wildman–Crippen LogP) is 3.48. The Morgan fingerprint density at radius 3 is 2.69 bits per heavy atom. The van der Waals surface area contributed by atoms with Crippen molar-refractivity contribution in [3.05, 3.63) is 51.7 Å². The molecule has 1 heterocycles. The SMILES string of the molecule is NCC(Oc1ccccc1Cl)c1cccs1. The van der Waals surface area contributed by atoms with Gasteiger partial charge in [0.1, 0.15) is 11.9 Å². The molecule has 0 aliphatic carbocycles. The normalized spacial score (nSPS) is 12.4. The molecule has 0 saturated carbocycles. The summed E-state index contributed by atoms with van der Waals surface area (Å²) in [5, 5.41) is 2.62. The molecule has 0 aliphatic heterocycles. The molecule has 16 heavy (non-hydrogen) atoms. The molecule has 0 aliphatic rings. The van der Waals surface area contributed by atoms with Gasteiger partial charge in [0, 0.05) is 11.4 Å². The van der Waals surface area contributed by atoms with Gasteiger partial charge in [-0.25, -0.2) is 0 Å². The fourth-order valence-corrected chi connectivity index (χ4v) is 2.34. The number of hydrogen-bond donors (Lipinski definition) is 1. The second-order valence-corrected chi connectivity index (χ2v) is 4.67. The number of nitrogens with two attached hydrogens (primary N) is 1. The third-order valence-electron chi connectivity index (χ3n) is 2.18. The van der Waals surface area contributed by atoms with Crippen molar-refractivity contribution in [3.8, 4) is 5.75 Å². The van der Waals surface area contributed by atoms with Crippen molar-refractivity contribution in [3.63, 3.8) is 0 Å². The quantitative estimate of drug-likeness (QED) is 0.906. The Bertz CT molecular complexity index is 444. The minimum atomic E-state index is -0.125. The van der Waals surface area contributed by atoms with Crippen LogP contribution in [0.25, 0.3) is 0 Å². The molecule has 4 heteroatoms. The Morgan fingerprint density at radius 2 is 2.06 bits per heavy atom. The molecule has 0 amide bonds. The lowest BCUT2D eigenvalue weighted by Gasteiger charge is -2.16. The highest BCUT2D eigenvalue weighted by Crippen LogP contribution is 2.29. The molecule has 1 aromatic heterocycles. The third-order valence-corrected chi connectivity index (χ3v) is 3.46. The zero-order valence-electron chi connectivity index (χ0n) is 8.60. The maximum atomic E-state index is 6.02. The first kappa shape index (κ1) is 11.5. The molecule has 84 valence electrons. The molecule has 0 bridgehead atoms. The summed E-state index contributed by atoms with van der Waals surface area (Å²) < 4.78 is 5.79. The lowest BCUT2D eigenvalue weighted by atomic mass is 10.3. The molecular formula is C12H12ClNOS. The van der Waals surface area contributed by atoms with Crippen molar-refractivity contribution in [2.45, 2.75) is 6.10 Å². The Morgan fingerprint density at radius 1 is 1.25 bits per heavy atom. The standard InChI is InChI=1S/C12H12ClNOS/c13-9-4-1-2-5-10(9)15-11(8-14)12-6-3-7-16-12/h1-7,11H,8,14H2. The van der Waals surface area contributed by atoms with E-state index < -0.39 is 0 Å². The van der Waals surface area contributed by atoms with Crippen LogP contribution in [0.5, 0.6) is 5.75 Å². The lowest BCUT2D eigenvalue weighted by Crippen LogP contribution is -2.17. The van der Waals surface area contributed by atoms with Gasteiger partial charge >= 0.3 is 0 Å². The van der Waals surface area contributed by atoms with E-state index in [0.29, 0.717) is 17.3 Å². The summed E-state index contributed by atoms with van der Waals surface area (Å²) in [6.07, 6.45) is -0.125. The number of para-hydroxylation sites is 1. The summed E-state index contributed by atoms with van der Waals surface area (Å²) in [7, 11) is 0. The second kappa shape index (κ2) is 5.34. The van der Waals surface area contributed by atoms with Gasteiger partial charge in [-0.2, -0.15) is 0 Å². The van der Waals surface area contributed by atoms with Gasteiger partial charge in [-0.15, -0.1) is 11.3 Å². The smallest absolute Gasteiger partial charge is 0.145 e. The first-order valence-electron chi connectivity index (χ1n) is 4.96. The molecular weight excluding hydrogens is 242 g/mol. The van der Waals surface area contributed by atoms with Crippen molar-refractivity contribution in [2.24, 2.45) is 5.73 Å². The Kier molecular flexibility index (Phi) is 3.83. The number of rotatable bonds is 4. The Hall–Kier alpha value is -1.03. The molecule has 2 nitrogen and oxygen atoms in total. The highest BCUT2D eigenvalue weighted by molar-refractivity contribution is 7.10. The fraction of sp³-hybridized carbons (Fsp3) is 0.167. The molecule has 1 atom stereocenters. The topological polar surface area (TPSA) is 35.2 Å². The zero-order chi connectivity index (χ0) is 11.4. The van der Waals surface area contributed by atoms with Crippen LogP contribution < -0.4 is 10.5 Å². The van der Waals surface area contributed by atoms with Gasteiger partial charge in [0.05, 0.1) is 5.02 Å². The highest BCUT2D eigenvalue weighted by Gasteiger charge is 2.13. The van der Waals surface area contributed by atoms with Gasteiger partial charge in [-0.05, 0) is 23.6 Å². The minimum absolute atomic E-state index is 0.125. The molecule has 0 spiro atoms. The van der Waals surface area contributed by atoms with Crippen LogP contribution in [0.4, 0.5) is 0 Å². The van der Waals surface area contributed by atoms with Gasteiger partial charge in [0.15, 0.2) is 0 Å². The van der Waals surface area contributed by atoms with Crippen LogP contribution in [0.1, 0.15) is 11.0 Å². The van der Waals surface area contributed by atoms with E-state index in [0.717, 1.165) is 4.88 Å². The maximum Gasteiger partial charge on any atom is 0.145 e. The number of thiophene rings is 1. The number of ether oxygens (including phenoxy) is 1. The van der Waals surface area contributed by atoms with E-state index in [2.05, 4.69) is 0 Å². The van der Waals surface area contributed by atoms with Crippen LogP contribution in [-0.4, -0.2) is 6.54 Å². The fourth-order valence-electron chi connectivity index (χ4n) is 1.39. The Labute approximate surface area is 104 Å². The number of benzene rings is 1. The first-order valence-corrected chi connectivity index (χ1v) is 6.21. The zero-order valence-corrected chi connectivity index (χ0v) is 10.2. The molecule has 2 N–H and O–H groups in total. The van der Waals surface area contributed by atoms with Gasteiger partial charge in [0.25, 0.3) is 0 Å². The average Bonchev–Trinajstić information content (AvgIpc) is 2.81. The maximum absolute atomic E-state index is 6.02. The van der Waals surface area contributed by atoms with E-state index in [1.807, 2.05) is 35.7 Å². The van der Waals surface area contributed by atoms with Crippen molar-refractivity contribution >= 4 is 22.9 Å². The van der Waals surface area contributed by atoms with Crippen LogP contribution >= 0.6 is 22.9 Å². The summed E-state index contributed by atoms with van der Waals surface area (Å²) in [6.45, 7) is 0.436. The molecule has 2 rings (SSSR count). The minimum Gasteiger partial charge on any atom is -0.482 e. The van der Waals surface area contributed by atoms with Crippen LogP contribution in [-0.2, 0) is 0 Å². The largest absolute Gasteiger partial charge is 0.482 e. The van der Waals surface area contributed by atoms with E-state index in [-0.39, 0.29) is 6.10 Å². The summed E-state index contributed by atoms with van der Waals surface area (Å²) in [5.41, 5.74) is 5.70. The molecule has 0 saturated heterocycles. The van der Waals surface area contributed by atoms with Crippen LogP contribution in [0.3, 0.4) is 0 Å². The summed E-state index contributed by atoms with van der Waals surface area (Å²) in [5.74, 6) is 0.674. The second-order valence-electron chi connectivity index (χ2n) is 3.29. The monoisotopic (exact) mass is 253 g/mol. The molecule has 0 fully saturated rings. The van der Waals surface area contributed by atoms with Crippen molar-refractivity contribution in [1.82, 2.24) is 0 Å². The third kappa shape index (κ3) is 2.55. The first-order chi connectivity index (χ1) is 7.81. The van der Waals surface area contributed by atoms with Crippen molar-refractivity contribution < 1.29 is 4.74 Å². The highest BCUT2D eigenvalue weighted by atomic mass is 35.5. The molecule has 1 unspecified atom stereocenters. The lowest BCUT2D eigenvalue weighted by molar-refractivity contribution is 0.218. The van der Waals surface area contributed by atoms with Crippen LogP contribution in [0, 0.1) is 0 Å². The molecule has 0 radical (unpaired) electrons. The van der Waals surface area contributed by atoms with Gasteiger partial charge < -0.3 is 10.5 Å². The van der Waals surface area contributed by atoms with E-state index in [1.165, 1.54) is 0 Å². The Balaban J connectivity index is 2.17. The number of halogens is 1. The summed E-state index contributed by atoms with van der Waals surface area (Å²) in [4.78, 5) is 1.11. The van der Waals surface area contributed by atoms with E-state index >= 15 is 0 Å².